The average Bonchev–Trinajstić information content (AvgIpc) is 2.39. The minimum absolute atomic E-state index is 0.0566. The summed E-state index contributed by atoms with van der Waals surface area (Å²) in [5, 5.41) is 2.84. The first-order chi connectivity index (χ1) is 9.08. The zero-order chi connectivity index (χ0) is 13.8. The van der Waals surface area contributed by atoms with Crippen LogP contribution in [0.5, 0.6) is 0 Å². The summed E-state index contributed by atoms with van der Waals surface area (Å²) in [6.07, 6.45) is 1.42. The van der Waals surface area contributed by atoms with Gasteiger partial charge in [0.05, 0.1) is 5.56 Å². The molecule has 2 amide bonds. The summed E-state index contributed by atoms with van der Waals surface area (Å²) in [4.78, 5) is 24.7. The molecule has 1 N–H and O–H groups in total. The number of benzene rings is 1. The molecule has 2 rings (SSSR count). The predicted molar refractivity (Wildman–Crippen MR) is 69.1 cm³/mol. The first kappa shape index (κ1) is 13.5. The molecule has 1 aliphatic rings. The molecule has 102 valence electrons. The van der Waals surface area contributed by atoms with Gasteiger partial charge in [0, 0.05) is 26.1 Å². The second-order valence-electron chi connectivity index (χ2n) is 4.75. The second-order valence-corrected chi connectivity index (χ2v) is 4.75. The number of likely N-dealkylation sites (tertiary alicyclic amines) is 1. The van der Waals surface area contributed by atoms with Crippen molar-refractivity contribution >= 4 is 11.8 Å². The lowest BCUT2D eigenvalue weighted by atomic mass is 10.0. The lowest BCUT2D eigenvalue weighted by Crippen LogP contribution is -2.46. The number of rotatable bonds is 2. The van der Waals surface area contributed by atoms with Gasteiger partial charge < -0.3 is 10.2 Å². The van der Waals surface area contributed by atoms with Gasteiger partial charge in [-0.25, -0.2) is 4.39 Å². The molecule has 1 fully saturated rings. The van der Waals surface area contributed by atoms with E-state index in [4.69, 9.17) is 0 Å². The van der Waals surface area contributed by atoms with Crippen LogP contribution in [0.25, 0.3) is 0 Å². The average molecular weight is 264 g/mol. The lowest BCUT2D eigenvalue weighted by molar-refractivity contribution is -0.119. The summed E-state index contributed by atoms with van der Waals surface area (Å²) in [6.45, 7) is 2.56. The Balaban J connectivity index is 1.96. The fourth-order valence-corrected chi connectivity index (χ4v) is 2.32. The molecule has 0 aromatic heterocycles. The lowest BCUT2D eigenvalue weighted by Gasteiger charge is -2.32. The van der Waals surface area contributed by atoms with Crippen molar-refractivity contribution in [3.8, 4) is 0 Å². The zero-order valence-corrected chi connectivity index (χ0v) is 10.9. The number of carbonyl (C=O) groups is 2. The molecule has 0 saturated carbocycles. The number of halogens is 1. The van der Waals surface area contributed by atoms with Gasteiger partial charge in [0.15, 0.2) is 0 Å². The van der Waals surface area contributed by atoms with Gasteiger partial charge in [-0.1, -0.05) is 12.1 Å². The van der Waals surface area contributed by atoms with Gasteiger partial charge in [0.25, 0.3) is 5.91 Å². The van der Waals surface area contributed by atoms with Crippen LogP contribution in [0, 0.1) is 5.82 Å². The van der Waals surface area contributed by atoms with Gasteiger partial charge >= 0.3 is 0 Å². The van der Waals surface area contributed by atoms with Gasteiger partial charge in [-0.15, -0.1) is 0 Å². The van der Waals surface area contributed by atoms with E-state index in [2.05, 4.69) is 5.32 Å². The highest BCUT2D eigenvalue weighted by Gasteiger charge is 2.25. The molecule has 1 aromatic rings. The molecule has 1 aliphatic heterocycles. The molecule has 4 nitrogen and oxygen atoms in total. The van der Waals surface area contributed by atoms with Gasteiger partial charge in [-0.3, -0.25) is 9.59 Å². The Morgan fingerprint density at radius 3 is 2.47 bits per heavy atom. The molecular formula is C14H17FN2O2. The SMILES string of the molecule is CC(=O)NC1CCN(C(=O)c2ccccc2F)CC1. The van der Waals surface area contributed by atoms with Gasteiger partial charge in [-0.05, 0) is 25.0 Å². The molecule has 0 unspecified atom stereocenters. The van der Waals surface area contributed by atoms with Gasteiger partial charge in [0.1, 0.15) is 5.82 Å². The molecule has 5 heteroatoms. The number of nitrogens with one attached hydrogen (secondary N) is 1. The fourth-order valence-electron chi connectivity index (χ4n) is 2.32. The van der Waals surface area contributed by atoms with E-state index in [9.17, 15) is 14.0 Å². The van der Waals surface area contributed by atoms with Crippen molar-refractivity contribution in [3.63, 3.8) is 0 Å². The maximum atomic E-state index is 13.5. The van der Waals surface area contributed by atoms with E-state index in [1.807, 2.05) is 0 Å². The Kier molecular flexibility index (Phi) is 4.14. The number of hydrogen-bond acceptors (Lipinski definition) is 2. The number of piperidine rings is 1. The molecule has 1 saturated heterocycles. The largest absolute Gasteiger partial charge is 0.353 e. The van der Waals surface area contributed by atoms with Gasteiger partial charge in [0.2, 0.25) is 5.91 Å². The van der Waals surface area contributed by atoms with Crippen molar-refractivity contribution in [1.29, 1.82) is 0 Å². The topological polar surface area (TPSA) is 49.4 Å². The normalized spacial score (nSPS) is 16.2. The van der Waals surface area contributed by atoms with Crippen molar-refractivity contribution < 1.29 is 14.0 Å². The quantitative estimate of drug-likeness (QED) is 0.881. The van der Waals surface area contributed by atoms with Crippen LogP contribution < -0.4 is 5.32 Å². The summed E-state index contributed by atoms with van der Waals surface area (Å²) in [6, 6.07) is 6.12. The maximum Gasteiger partial charge on any atom is 0.256 e. The number of nitrogens with zero attached hydrogens (tertiary/aromatic N) is 1. The standard InChI is InChI=1S/C14H17FN2O2/c1-10(18)16-11-6-8-17(9-7-11)14(19)12-4-2-3-5-13(12)15/h2-5,11H,6-9H2,1H3,(H,16,18). The molecule has 19 heavy (non-hydrogen) atoms. The third kappa shape index (κ3) is 3.30. The Hall–Kier alpha value is -1.91. The van der Waals surface area contributed by atoms with Crippen LogP contribution >= 0.6 is 0 Å². The summed E-state index contributed by atoms with van der Waals surface area (Å²) < 4.78 is 13.5. The van der Waals surface area contributed by atoms with Crippen molar-refractivity contribution in [3.05, 3.63) is 35.6 Å². The highest BCUT2D eigenvalue weighted by Crippen LogP contribution is 2.15. The maximum absolute atomic E-state index is 13.5. The number of amides is 2. The van der Waals surface area contributed by atoms with Crippen LogP contribution in [-0.4, -0.2) is 35.8 Å². The fraction of sp³-hybridized carbons (Fsp3) is 0.429. The van der Waals surface area contributed by atoms with Crippen LogP contribution in [0.3, 0.4) is 0 Å². The smallest absolute Gasteiger partial charge is 0.256 e. The van der Waals surface area contributed by atoms with Crippen molar-refractivity contribution in [2.45, 2.75) is 25.8 Å². The molecule has 1 heterocycles. The van der Waals surface area contributed by atoms with E-state index in [0.29, 0.717) is 25.9 Å². The van der Waals surface area contributed by atoms with Crippen LogP contribution in [0.4, 0.5) is 4.39 Å². The van der Waals surface area contributed by atoms with Crippen LogP contribution in [0.1, 0.15) is 30.1 Å². The summed E-state index contributed by atoms with van der Waals surface area (Å²) in [5.41, 5.74) is 0.112. The van der Waals surface area contributed by atoms with Crippen molar-refractivity contribution in [2.75, 3.05) is 13.1 Å². The molecular weight excluding hydrogens is 247 g/mol. The molecule has 0 atom stereocenters. The first-order valence-electron chi connectivity index (χ1n) is 6.39. The summed E-state index contributed by atoms with van der Waals surface area (Å²) in [5.74, 6) is -0.824. The van der Waals surface area contributed by atoms with Crippen molar-refractivity contribution in [1.82, 2.24) is 10.2 Å². The molecule has 0 radical (unpaired) electrons. The zero-order valence-electron chi connectivity index (χ0n) is 10.9. The van der Waals surface area contributed by atoms with E-state index >= 15 is 0 Å². The van der Waals surface area contributed by atoms with Gasteiger partial charge in [-0.2, -0.15) is 0 Å². The number of carbonyl (C=O) groups excluding carboxylic acids is 2. The van der Waals surface area contributed by atoms with Crippen LogP contribution in [0.2, 0.25) is 0 Å². The van der Waals surface area contributed by atoms with Crippen LogP contribution in [-0.2, 0) is 4.79 Å². The van der Waals surface area contributed by atoms with Crippen LogP contribution in [0.15, 0.2) is 24.3 Å². The van der Waals surface area contributed by atoms with Crippen molar-refractivity contribution in [2.24, 2.45) is 0 Å². The third-order valence-corrected chi connectivity index (χ3v) is 3.29. The summed E-state index contributed by atoms with van der Waals surface area (Å²) in [7, 11) is 0. The number of hydrogen-bond donors (Lipinski definition) is 1. The minimum Gasteiger partial charge on any atom is -0.353 e. The highest BCUT2D eigenvalue weighted by atomic mass is 19.1. The molecule has 0 bridgehead atoms. The van der Waals surface area contributed by atoms with E-state index in [-0.39, 0.29) is 23.4 Å². The predicted octanol–water partition coefficient (Wildman–Crippen LogP) is 1.57. The summed E-state index contributed by atoms with van der Waals surface area (Å²) >= 11 is 0. The van der Waals surface area contributed by atoms with E-state index < -0.39 is 5.82 Å². The second kappa shape index (κ2) is 5.82. The highest BCUT2D eigenvalue weighted by molar-refractivity contribution is 5.94. The first-order valence-corrected chi connectivity index (χ1v) is 6.39. The van der Waals surface area contributed by atoms with E-state index in [1.54, 1.807) is 17.0 Å². The third-order valence-electron chi connectivity index (χ3n) is 3.29. The molecule has 0 aliphatic carbocycles. The Morgan fingerprint density at radius 2 is 1.89 bits per heavy atom. The monoisotopic (exact) mass is 264 g/mol. The Labute approximate surface area is 111 Å². The Bertz CT molecular complexity index is 482. The Morgan fingerprint density at radius 1 is 1.26 bits per heavy atom. The minimum atomic E-state index is -0.489. The van der Waals surface area contributed by atoms with E-state index in [1.165, 1.54) is 19.1 Å². The molecule has 0 spiro atoms. The van der Waals surface area contributed by atoms with E-state index in [0.717, 1.165) is 0 Å². The molecule has 1 aromatic carbocycles.